The third-order valence-electron chi connectivity index (χ3n) is 3.16. The number of amides is 1. The molecule has 2 rings (SSSR count). The van der Waals surface area contributed by atoms with Crippen LogP contribution in [0.5, 0.6) is 0 Å². The minimum Gasteiger partial charge on any atom is -0.394 e. The van der Waals surface area contributed by atoms with Crippen LogP contribution in [0, 0.1) is 0 Å². The number of carbonyl (C=O) groups excluding carboxylic acids is 1. The molecule has 19 heavy (non-hydrogen) atoms. The number of aliphatic hydroxyl groups is 1. The van der Waals surface area contributed by atoms with Crippen LogP contribution >= 0.6 is 0 Å². The summed E-state index contributed by atoms with van der Waals surface area (Å²) in [6, 6.07) is 5.24. The molecule has 0 spiro atoms. The molecule has 2 aromatic rings. The first-order valence-corrected chi connectivity index (χ1v) is 6.32. The summed E-state index contributed by atoms with van der Waals surface area (Å²) in [6.45, 7) is 3.75. The van der Waals surface area contributed by atoms with E-state index in [0.717, 1.165) is 6.42 Å². The van der Waals surface area contributed by atoms with Gasteiger partial charge >= 0.3 is 0 Å². The first-order valence-electron chi connectivity index (χ1n) is 6.32. The lowest BCUT2D eigenvalue weighted by Crippen LogP contribution is -2.48. The number of aromatic nitrogens is 3. The molecule has 1 atom stereocenters. The molecule has 0 radical (unpaired) electrons. The van der Waals surface area contributed by atoms with Crippen molar-refractivity contribution < 1.29 is 9.90 Å². The second-order valence-electron chi connectivity index (χ2n) is 4.92. The van der Waals surface area contributed by atoms with E-state index < -0.39 is 5.54 Å². The maximum atomic E-state index is 12.3. The lowest BCUT2D eigenvalue weighted by atomic mass is 9.96. The quantitative estimate of drug-likeness (QED) is 0.756. The number of nitrogens with one attached hydrogen (secondary N) is 2. The summed E-state index contributed by atoms with van der Waals surface area (Å²) in [5.74, 6) is -0.246. The fourth-order valence-corrected chi connectivity index (χ4v) is 2.13. The molecular formula is C13H18N4O2. The molecule has 1 heterocycles. The molecule has 102 valence electrons. The van der Waals surface area contributed by atoms with Crippen LogP contribution in [0.3, 0.4) is 0 Å². The van der Waals surface area contributed by atoms with Crippen LogP contribution in [0.1, 0.15) is 37.0 Å². The molecule has 1 unspecified atom stereocenters. The molecule has 0 aliphatic heterocycles. The van der Waals surface area contributed by atoms with Gasteiger partial charge in [-0.15, -0.1) is 0 Å². The minimum atomic E-state index is -0.613. The second kappa shape index (κ2) is 5.36. The van der Waals surface area contributed by atoms with Crippen molar-refractivity contribution in [2.45, 2.75) is 32.2 Å². The number of benzene rings is 1. The van der Waals surface area contributed by atoms with Crippen molar-refractivity contribution in [3.8, 4) is 0 Å². The van der Waals surface area contributed by atoms with Gasteiger partial charge in [-0.25, -0.2) is 0 Å². The summed E-state index contributed by atoms with van der Waals surface area (Å²) in [7, 11) is 0. The molecule has 0 aliphatic carbocycles. The average molecular weight is 262 g/mol. The van der Waals surface area contributed by atoms with Crippen LogP contribution < -0.4 is 5.32 Å². The SMILES string of the molecule is CCCC(C)(CO)NC(=O)c1cccc2n[nH]nc12. The number of aromatic amines is 1. The Kier molecular flexibility index (Phi) is 3.80. The number of carbonyl (C=O) groups is 1. The second-order valence-corrected chi connectivity index (χ2v) is 4.92. The van der Waals surface area contributed by atoms with Gasteiger partial charge in [-0.05, 0) is 25.5 Å². The highest BCUT2D eigenvalue weighted by Crippen LogP contribution is 2.17. The fourth-order valence-electron chi connectivity index (χ4n) is 2.13. The molecular weight excluding hydrogens is 244 g/mol. The van der Waals surface area contributed by atoms with Crippen molar-refractivity contribution >= 4 is 16.9 Å². The van der Waals surface area contributed by atoms with Gasteiger partial charge in [-0.1, -0.05) is 19.4 Å². The smallest absolute Gasteiger partial charge is 0.254 e. The fraction of sp³-hybridized carbons (Fsp3) is 0.462. The van der Waals surface area contributed by atoms with E-state index in [9.17, 15) is 9.90 Å². The number of hydrogen-bond donors (Lipinski definition) is 3. The molecule has 6 heteroatoms. The Hall–Kier alpha value is -1.95. The number of H-pyrrole nitrogens is 1. The van der Waals surface area contributed by atoms with Crippen LogP contribution in [0.4, 0.5) is 0 Å². The topological polar surface area (TPSA) is 90.9 Å². The van der Waals surface area contributed by atoms with Gasteiger partial charge in [0.05, 0.1) is 17.7 Å². The number of nitrogens with zero attached hydrogens (tertiary/aromatic N) is 2. The highest BCUT2D eigenvalue weighted by atomic mass is 16.3. The summed E-state index contributed by atoms with van der Waals surface area (Å²) in [6.07, 6.45) is 1.59. The summed E-state index contributed by atoms with van der Waals surface area (Å²) >= 11 is 0. The molecule has 1 amide bonds. The van der Waals surface area contributed by atoms with Gasteiger partial charge < -0.3 is 10.4 Å². The van der Waals surface area contributed by atoms with E-state index in [1.54, 1.807) is 18.2 Å². The zero-order chi connectivity index (χ0) is 13.9. The van der Waals surface area contributed by atoms with Crippen LogP contribution in [-0.4, -0.2) is 38.6 Å². The Balaban J connectivity index is 2.27. The van der Waals surface area contributed by atoms with Crippen molar-refractivity contribution in [2.24, 2.45) is 0 Å². The Morgan fingerprint density at radius 3 is 2.95 bits per heavy atom. The van der Waals surface area contributed by atoms with Crippen LogP contribution in [0.15, 0.2) is 18.2 Å². The Labute approximate surface area is 111 Å². The van der Waals surface area contributed by atoms with Crippen molar-refractivity contribution in [1.82, 2.24) is 20.7 Å². The number of rotatable bonds is 5. The minimum absolute atomic E-state index is 0.0959. The molecule has 1 aromatic heterocycles. The average Bonchev–Trinajstić information content (AvgIpc) is 2.86. The monoisotopic (exact) mass is 262 g/mol. The molecule has 3 N–H and O–H groups in total. The molecule has 0 saturated carbocycles. The predicted molar refractivity (Wildman–Crippen MR) is 71.8 cm³/mol. The Morgan fingerprint density at radius 2 is 2.26 bits per heavy atom. The lowest BCUT2D eigenvalue weighted by Gasteiger charge is -2.28. The third-order valence-corrected chi connectivity index (χ3v) is 3.16. The number of hydrogen-bond acceptors (Lipinski definition) is 4. The molecule has 0 bridgehead atoms. The zero-order valence-electron chi connectivity index (χ0n) is 11.1. The maximum Gasteiger partial charge on any atom is 0.254 e. The third kappa shape index (κ3) is 2.73. The Bertz CT molecular complexity index is 581. The molecule has 0 fully saturated rings. The van der Waals surface area contributed by atoms with E-state index >= 15 is 0 Å². The van der Waals surface area contributed by atoms with Crippen LogP contribution in [0.2, 0.25) is 0 Å². The van der Waals surface area contributed by atoms with E-state index in [1.165, 1.54) is 0 Å². The van der Waals surface area contributed by atoms with Gasteiger partial charge in [0, 0.05) is 0 Å². The normalized spacial score (nSPS) is 14.3. The largest absolute Gasteiger partial charge is 0.394 e. The zero-order valence-corrected chi connectivity index (χ0v) is 11.1. The summed E-state index contributed by atoms with van der Waals surface area (Å²) in [4.78, 5) is 12.3. The molecule has 0 saturated heterocycles. The standard InChI is InChI=1S/C13H18N4O2/c1-3-7-13(2,8-18)14-12(19)9-5-4-6-10-11(9)16-17-15-10/h4-6,18H,3,7-8H2,1-2H3,(H,14,19)(H,15,16,17). The lowest BCUT2D eigenvalue weighted by molar-refractivity contribution is 0.0842. The van der Waals surface area contributed by atoms with Crippen LogP contribution in [-0.2, 0) is 0 Å². The van der Waals surface area contributed by atoms with Crippen molar-refractivity contribution in [2.75, 3.05) is 6.61 Å². The van der Waals surface area contributed by atoms with Gasteiger partial charge in [0.1, 0.15) is 11.0 Å². The summed E-state index contributed by atoms with van der Waals surface area (Å²) in [5, 5.41) is 22.7. The predicted octanol–water partition coefficient (Wildman–Crippen LogP) is 1.24. The van der Waals surface area contributed by atoms with E-state index in [1.807, 2.05) is 13.8 Å². The number of fused-ring (bicyclic) bond motifs is 1. The van der Waals surface area contributed by atoms with Gasteiger partial charge in [0.2, 0.25) is 0 Å². The molecule has 6 nitrogen and oxygen atoms in total. The number of aliphatic hydroxyl groups excluding tert-OH is 1. The molecule has 0 aliphatic rings. The highest BCUT2D eigenvalue weighted by Gasteiger charge is 2.26. The van der Waals surface area contributed by atoms with Crippen molar-refractivity contribution in [3.05, 3.63) is 23.8 Å². The highest BCUT2D eigenvalue weighted by molar-refractivity contribution is 6.04. The van der Waals surface area contributed by atoms with Crippen LogP contribution in [0.25, 0.3) is 11.0 Å². The van der Waals surface area contributed by atoms with Gasteiger partial charge in [-0.2, -0.15) is 15.4 Å². The first-order chi connectivity index (χ1) is 9.09. The Morgan fingerprint density at radius 1 is 1.47 bits per heavy atom. The van der Waals surface area contributed by atoms with Gasteiger partial charge in [0.25, 0.3) is 5.91 Å². The molecule has 1 aromatic carbocycles. The summed E-state index contributed by atoms with van der Waals surface area (Å²) in [5.41, 5.74) is 1.03. The van der Waals surface area contributed by atoms with E-state index in [-0.39, 0.29) is 12.5 Å². The van der Waals surface area contributed by atoms with Crippen molar-refractivity contribution in [3.63, 3.8) is 0 Å². The van der Waals surface area contributed by atoms with Gasteiger partial charge in [-0.3, -0.25) is 4.79 Å². The van der Waals surface area contributed by atoms with E-state index in [0.29, 0.717) is 23.0 Å². The van der Waals surface area contributed by atoms with Gasteiger partial charge in [0.15, 0.2) is 0 Å². The van der Waals surface area contributed by atoms with E-state index in [2.05, 4.69) is 20.7 Å². The summed E-state index contributed by atoms with van der Waals surface area (Å²) < 4.78 is 0. The van der Waals surface area contributed by atoms with Crippen molar-refractivity contribution in [1.29, 1.82) is 0 Å². The number of para-hydroxylation sites is 1. The van der Waals surface area contributed by atoms with E-state index in [4.69, 9.17) is 0 Å². The maximum absolute atomic E-state index is 12.3. The first kappa shape index (κ1) is 13.5.